The molecule has 0 atom stereocenters. The Hall–Kier alpha value is -0.840. The molecule has 1 heterocycles. The highest BCUT2D eigenvalue weighted by molar-refractivity contribution is 6.01. The predicted molar refractivity (Wildman–Crippen MR) is 41.2 cm³/mol. The van der Waals surface area contributed by atoms with E-state index in [0.29, 0.717) is 13.1 Å². The highest BCUT2D eigenvalue weighted by Crippen LogP contribution is 2.33. The largest absolute Gasteiger partial charge is 0.419 e. The summed E-state index contributed by atoms with van der Waals surface area (Å²) in [6, 6.07) is 0. The predicted octanol–water partition coefficient (Wildman–Crippen LogP) is 1.28. The van der Waals surface area contributed by atoms with Crippen LogP contribution in [0.4, 0.5) is 13.2 Å². The summed E-state index contributed by atoms with van der Waals surface area (Å²) in [6.07, 6.45) is -4.60. The monoisotopic (exact) mass is 193 g/mol. The van der Waals surface area contributed by atoms with Gasteiger partial charge in [0, 0.05) is 13.1 Å². The van der Waals surface area contributed by atoms with Crippen molar-refractivity contribution in [3.8, 4) is 0 Å². The molecule has 0 aromatic rings. The lowest BCUT2D eigenvalue weighted by Crippen LogP contribution is -2.57. The number of halogens is 3. The van der Waals surface area contributed by atoms with Crippen molar-refractivity contribution in [2.24, 2.45) is 5.41 Å². The average Bonchev–Trinajstić information content (AvgIpc) is 1.95. The Morgan fingerprint density at radius 3 is 2.15 bits per heavy atom. The lowest BCUT2D eigenvalue weighted by molar-refractivity contribution is -0.138. The molecule has 1 fully saturated rings. The quantitative estimate of drug-likeness (QED) is 0.669. The van der Waals surface area contributed by atoms with E-state index in [2.05, 4.69) is 11.9 Å². The molecule has 1 N–H and O–H groups in total. The minimum atomic E-state index is -4.60. The molecule has 5 heteroatoms. The molecule has 1 rings (SSSR count). The third kappa shape index (κ3) is 1.75. The molecule has 0 amide bonds. The summed E-state index contributed by atoms with van der Waals surface area (Å²) in [5.74, 6) is -0.904. The van der Waals surface area contributed by atoms with E-state index in [0.717, 1.165) is 0 Å². The molecule has 0 saturated carbocycles. The first-order valence-electron chi connectivity index (χ1n) is 3.79. The summed E-state index contributed by atoms with van der Waals surface area (Å²) in [5, 5.41) is 2.76. The molecular formula is C8H10F3NO. The number of nitrogens with one attached hydrogen (secondary N) is 1. The number of Topliss-reactive ketones (excluding diaryl/α,β-unsaturated/α-hetero) is 1. The summed E-state index contributed by atoms with van der Waals surface area (Å²) >= 11 is 0. The van der Waals surface area contributed by atoms with Gasteiger partial charge >= 0.3 is 6.18 Å². The van der Waals surface area contributed by atoms with Crippen molar-refractivity contribution in [1.82, 2.24) is 5.32 Å². The third-order valence-corrected chi connectivity index (χ3v) is 2.19. The van der Waals surface area contributed by atoms with Crippen LogP contribution in [0.15, 0.2) is 12.2 Å². The molecule has 1 aliphatic heterocycles. The van der Waals surface area contributed by atoms with E-state index in [1.54, 1.807) is 0 Å². The molecule has 0 aromatic heterocycles. The smallest absolute Gasteiger partial charge is 0.315 e. The number of rotatable bonds is 2. The number of ketones is 1. The van der Waals surface area contributed by atoms with E-state index in [4.69, 9.17) is 0 Å². The van der Waals surface area contributed by atoms with Crippen molar-refractivity contribution in [2.75, 3.05) is 13.1 Å². The first kappa shape index (κ1) is 10.2. The molecule has 0 aliphatic carbocycles. The van der Waals surface area contributed by atoms with Crippen molar-refractivity contribution in [3.05, 3.63) is 12.2 Å². The molecule has 1 saturated heterocycles. The van der Waals surface area contributed by atoms with Gasteiger partial charge in [-0.25, -0.2) is 0 Å². The molecular weight excluding hydrogens is 183 g/mol. The van der Waals surface area contributed by atoms with Gasteiger partial charge in [-0.05, 0) is 6.92 Å². The van der Waals surface area contributed by atoms with Crippen LogP contribution in [0.5, 0.6) is 0 Å². The van der Waals surface area contributed by atoms with Crippen molar-refractivity contribution in [1.29, 1.82) is 0 Å². The lowest BCUT2D eigenvalue weighted by atomic mass is 9.77. The lowest BCUT2D eigenvalue weighted by Gasteiger charge is -2.38. The van der Waals surface area contributed by atoms with Crippen molar-refractivity contribution < 1.29 is 18.0 Å². The summed E-state index contributed by atoms with van der Waals surface area (Å²) in [4.78, 5) is 11.2. The molecule has 0 aromatic carbocycles. The van der Waals surface area contributed by atoms with Crippen LogP contribution in [0, 0.1) is 5.41 Å². The Morgan fingerprint density at radius 2 is 1.92 bits per heavy atom. The van der Waals surface area contributed by atoms with Gasteiger partial charge in [0.1, 0.15) is 0 Å². The van der Waals surface area contributed by atoms with Gasteiger partial charge in [0.15, 0.2) is 5.78 Å². The maximum absolute atomic E-state index is 12.0. The van der Waals surface area contributed by atoms with Gasteiger partial charge in [-0.1, -0.05) is 6.58 Å². The van der Waals surface area contributed by atoms with Gasteiger partial charge < -0.3 is 5.32 Å². The molecule has 0 unspecified atom stereocenters. The fraction of sp³-hybridized carbons (Fsp3) is 0.625. The molecule has 2 nitrogen and oxygen atoms in total. The molecule has 0 bridgehead atoms. The number of hydrogen-bond donors (Lipinski definition) is 1. The van der Waals surface area contributed by atoms with Crippen molar-refractivity contribution in [3.63, 3.8) is 0 Å². The van der Waals surface area contributed by atoms with Gasteiger partial charge in [-0.2, -0.15) is 13.2 Å². The van der Waals surface area contributed by atoms with E-state index < -0.39 is 22.9 Å². The highest BCUT2D eigenvalue weighted by Gasteiger charge is 2.47. The Morgan fingerprint density at radius 1 is 1.46 bits per heavy atom. The fourth-order valence-electron chi connectivity index (χ4n) is 1.15. The van der Waals surface area contributed by atoms with Crippen LogP contribution in [0.3, 0.4) is 0 Å². The van der Waals surface area contributed by atoms with Crippen LogP contribution < -0.4 is 5.32 Å². The van der Waals surface area contributed by atoms with E-state index in [1.165, 1.54) is 6.92 Å². The first-order chi connectivity index (χ1) is 5.77. The van der Waals surface area contributed by atoms with Crippen molar-refractivity contribution in [2.45, 2.75) is 13.1 Å². The van der Waals surface area contributed by atoms with Crippen LogP contribution in [0.2, 0.25) is 0 Å². The maximum atomic E-state index is 12.0. The van der Waals surface area contributed by atoms with Gasteiger partial charge in [0.25, 0.3) is 0 Å². The van der Waals surface area contributed by atoms with E-state index >= 15 is 0 Å². The zero-order chi connectivity index (χ0) is 10.3. The number of allylic oxidation sites excluding steroid dienone is 1. The second kappa shape index (κ2) is 2.83. The summed E-state index contributed by atoms with van der Waals surface area (Å²) in [6.45, 7) is 4.86. The summed E-state index contributed by atoms with van der Waals surface area (Å²) in [7, 11) is 0. The standard InChI is InChI=1S/C8H10F3NO/c1-5(8(9,10)11)6(13)7(2)3-12-4-7/h12H,1,3-4H2,2H3. The number of carbonyl (C=O) groups excluding carboxylic acids is 1. The summed E-state index contributed by atoms with van der Waals surface area (Å²) in [5.41, 5.74) is -2.16. The van der Waals surface area contributed by atoms with Crippen LogP contribution in [-0.4, -0.2) is 25.0 Å². The SMILES string of the molecule is C=C(C(=O)C1(C)CNC1)C(F)(F)F. The second-order valence-electron chi connectivity index (χ2n) is 3.47. The maximum Gasteiger partial charge on any atom is 0.419 e. The van der Waals surface area contributed by atoms with E-state index in [1.807, 2.05) is 0 Å². The Kier molecular flexibility index (Phi) is 2.23. The Bertz CT molecular complexity index is 253. The van der Waals surface area contributed by atoms with Crippen LogP contribution in [0.1, 0.15) is 6.92 Å². The average molecular weight is 193 g/mol. The Labute approximate surface area is 73.8 Å². The van der Waals surface area contributed by atoms with Crippen LogP contribution in [-0.2, 0) is 4.79 Å². The zero-order valence-corrected chi connectivity index (χ0v) is 7.16. The third-order valence-electron chi connectivity index (χ3n) is 2.19. The van der Waals surface area contributed by atoms with Crippen LogP contribution >= 0.6 is 0 Å². The molecule has 13 heavy (non-hydrogen) atoms. The normalized spacial score (nSPS) is 20.6. The molecule has 1 aliphatic rings. The van der Waals surface area contributed by atoms with Gasteiger partial charge in [0.2, 0.25) is 0 Å². The van der Waals surface area contributed by atoms with Crippen LogP contribution in [0.25, 0.3) is 0 Å². The topological polar surface area (TPSA) is 29.1 Å². The highest BCUT2D eigenvalue weighted by atomic mass is 19.4. The number of carbonyl (C=O) groups is 1. The number of alkyl halides is 3. The molecule has 0 spiro atoms. The zero-order valence-electron chi connectivity index (χ0n) is 7.16. The first-order valence-corrected chi connectivity index (χ1v) is 3.79. The van der Waals surface area contributed by atoms with Crippen molar-refractivity contribution >= 4 is 5.78 Å². The number of hydrogen-bond acceptors (Lipinski definition) is 2. The summed E-state index contributed by atoms with van der Waals surface area (Å²) < 4.78 is 36.1. The van der Waals surface area contributed by atoms with E-state index in [9.17, 15) is 18.0 Å². The second-order valence-corrected chi connectivity index (χ2v) is 3.47. The van der Waals surface area contributed by atoms with Gasteiger partial charge in [-0.15, -0.1) is 0 Å². The Balaban J connectivity index is 2.74. The minimum absolute atomic E-state index is 0.293. The molecule has 0 radical (unpaired) electrons. The van der Waals surface area contributed by atoms with Gasteiger partial charge in [-0.3, -0.25) is 4.79 Å². The van der Waals surface area contributed by atoms with E-state index in [-0.39, 0.29) is 0 Å². The van der Waals surface area contributed by atoms with Gasteiger partial charge in [0.05, 0.1) is 11.0 Å². The molecule has 74 valence electrons. The minimum Gasteiger partial charge on any atom is -0.315 e. The fourth-order valence-corrected chi connectivity index (χ4v) is 1.15.